The van der Waals surface area contributed by atoms with Crippen LogP contribution in [0.1, 0.15) is 0 Å². The van der Waals surface area contributed by atoms with Crippen molar-refractivity contribution >= 4 is 10.8 Å². The summed E-state index contributed by atoms with van der Waals surface area (Å²) in [5, 5.41) is 10.9. The van der Waals surface area contributed by atoms with Gasteiger partial charge in [0.15, 0.2) is 11.5 Å². The van der Waals surface area contributed by atoms with E-state index >= 15 is 0 Å². The topological polar surface area (TPSA) is 59.7 Å². The molecule has 0 atom stereocenters. The number of hydrogen-bond donors (Lipinski definition) is 1. The highest BCUT2D eigenvalue weighted by Gasteiger charge is 2.12. The fourth-order valence-corrected chi connectivity index (χ4v) is 2.14. The fourth-order valence-electron chi connectivity index (χ4n) is 2.14. The summed E-state index contributed by atoms with van der Waals surface area (Å²) in [5.41, 5.74) is 0.285. The highest BCUT2D eigenvalue weighted by molar-refractivity contribution is 5.91. The van der Waals surface area contributed by atoms with Crippen LogP contribution >= 0.6 is 0 Å². The Balaban J connectivity index is 2.33. The molecule has 0 amide bonds. The van der Waals surface area contributed by atoms with Crippen molar-refractivity contribution in [3.05, 3.63) is 59.0 Å². The molecule has 1 N–H and O–H groups in total. The third-order valence-electron chi connectivity index (χ3n) is 3.16. The molecule has 100 valence electrons. The largest absolute Gasteiger partial charge is 0.504 e. The second-order valence-electron chi connectivity index (χ2n) is 4.34. The number of benzene rings is 2. The zero-order valence-corrected chi connectivity index (χ0v) is 10.8. The minimum atomic E-state index is -0.487. The molecule has 1 heterocycles. The Morgan fingerprint density at radius 2 is 1.80 bits per heavy atom. The normalized spacial score (nSPS) is 10.7. The molecule has 0 aliphatic rings. The van der Waals surface area contributed by atoms with E-state index in [4.69, 9.17) is 9.15 Å². The van der Waals surface area contributed by atoms with Crippen LogP contribution in [0.15, 0.2) is 57.7 Å². The van der Waals surface area contributed by atoms with Gasteiger partial charge in [0.1, 0.15) is 5.76 Å². The standard InChI is InChI=1S/C16H12O4/c1-19-13-8-7-11-12(15(13)17)9-14(20-16(11)18)10-5-3-2-4-6-10/h2-9,17H,1H3. The summed E-state index contributed by atoms with van der Waals surface area (Å²) in [6, 6.07) is 14.0. The molecule has 2 aromatic carbocycles. The van der Waals surface area contributed by atoms with E-state index in [9.17, 15) is 9.90 Å². The molecule has 0 bridgehead atoms. The van der Waals surface area contributed by atoms with Crippen molar-refractivity contribution < 1.29 is 14.3 Å². The van der Waals surface area contributed by atoms with Crippen LogP contribution in [0.4, 0.5) is 0 Å². The number of fused-ring (bicyclic) bond motifs is 1. The molecular weight excluding hydrogens is 256 g/mol. The van der Waals surface area contributed by atoms with E-state index in [1.807, 2.05) is 30.3 Å². The van der Waals surface area contributed by atoms with Gasteiger partial charge in [0, 0.05) is 10.9 Å². The first-order chi connectivity index (χ1) is 9.70. The van der Waals surface area contributed by atoms with E-state index < -0.39 is 5.63 Å². The van der Waals surface area contributed by atoms with Crippen LogP contribution in [0.25, 0.3) is 22.1 Å². The third kappa shape index (κ3) is 1.91. The molecule has 0 aliphatic heterocycles. The maximum absolute atomic E-state index is 12.0. The summed E-state index contributed by atoms with van der Waals surface area (Å²) in [7, 11) is 1.46. The van der Waals surface area contributed by atoms with Crippen molar-refractivity contribution in [1.82, 2.24) is 0 Å². The molecule has 0 radical (unpaired) electrons. The number of hydrogen-bond acceptors (Lipinski definition) is 4. The molecule has 0 saturated carbocycles. The number of ether oxygens (including phenoxy) is 1. The first-order valence-corrected chi connectivity index (χ1v) is 6.10. The van der Waals surface area contributed by atoms with E-state index in [1.54, 1.807) is 12.1 Å². The summed E-state index contributed by atoms with van der Waals surface area (Å²) in [6.45, 7) is 0. The average molecular weight is 268 g/mol. The number of aromatic hydroxyl groups is 1. The van der Waals surface area contributed by atoms with Crippen molar-refractivity contribution in [2.45, 2.75) is 0 Å². The second-order valence-corrected chi connectivity index (χ2v) is 4.34. The third-order valence-corrected chi connectivity index (χ3v) is 3.16. The highest BCUT2D eigenvalue weighted by atomic mass is 16.5. The van der Waals surface area contributed by atoms with E-state index in [0.717, 1.165) is 5.56 Å². The minimum Gasteiger partial charge on any atom is -0.504 e. The van der Waals surface area contributed by atoms with Crippen LogP contribution in [-0.2, 0) is 0 Å². The lowest BCUT2D eigenvalue weighted by Gasteiger charge is -2.07. The van der Waals surface area contributed by atoms with Gasteiger partial charge in [0.25, 0.3) is 0 Å². The summed E-state index contributed by atoms with van der Waals surface area (Å²) >= 11 is 0. The molecule has 20 heavy (non-hydrogen) atoms. The van der Waals surface area contributed by atoms with Crippen molar-refractivity contribution in [3.63, 3.8) is 0 Å². The molecule has 1 aromatic heterocycles. The van der Waals surface area contributed by atoms with Gasteiger partial charge in [-0.1, -0.05) is 30.3 Å². The molecular formula is C16H12O4. The van der Waals surface area contributed by atoms with Gasteiger partial charge in [0.05, 0.1) is 12.5 Å². The predicted molar refractivity (Wildman–Crippen MR) is 76.1 cm³/mol. The predicted octanol–water partition coefficient (Wildman–Crippen LogP) is 3.17. The SMILES string of the molecule is COc1ccc2c(=O)oc(-c3ccccc3)cc2c1O. The van der Waals surface area contributed by atoms with Gasteiger partial charge in [-0.2, -0.15) is 0 Å². The second kappa shape index (κ2) is 4.74. The van der Waals surface area contributed by atoms with Crippen molar-refractivity contribution in [3.8, 4) is 22.8 Å². The summed E-state index contributed by atoms with van der Waals surface area (Å²) in [6.07, 6.45) is 0. The van der Waals surface area contributed by atoms with Crippen molar-refractivity contribution in [2.24, 2.45) is 0 Å². The molecule has 3 aromatic rings. The van der Waals surface area contributed by atoms with Gasteiger partial charge in [-0.05, 0) is 18.2 Å². The van der Waals surface area contributed by atoms with Crippen molar-refractivity contribution in [2.75, 3.05) is 7.11 Å². The van der Waals surface area contributed by atoms with Crippen LogP contribution in [-0.4, -0.2) is 12.2 Å². The smallest absolute Gasteiger partial charge is 0.344 e. The summed E-state index contributed by atoms with van der Waals surface area (Å²) in [4.78, 5) is 12.0. The summed E-state index contributed by atoms with van der Waals surface area (Å²) < 4.78 is 10.4. The first-order valence-electron chi connectivity index (χ1n) is 6.10. The number of phenols is 1. The van der Waals surface area contributed by atoms with Gasteiger partial charge < -0.3 is 14.3 Å². The Morgan fingerprint density at radius 3 is 2.50 bits per heavy atom. The zero-order chi connectivity index (χ0) is 14.1. The van der Waals surface area contributed by atoms with E-state index in [1.165, 1.54) is 13.2 Å². The van der Waals surface area contributed by atoms with Crippen LogP contribution in [0.2, 0.25) is 0 Å². The Kier molecular flexibility index (Phi) is 2.91. The lowest BCUT2D eigenvalue weighted by atomic mass is 10.1. The lowest BCUT2D eigenvalue weighted by Crippen LogP contribution is -2.00. The number of methoxy groups -OCH3 is 1. The Bertz CT molecular complexity index is 819. The maximum atomic E-state index is 12.0. The lowest BCUT2D eigenvalue weighted by molar-refractivity contribution is 0.376. The van der Waals surface area contributed by atoms with Crippen LogP contribution in [0.5, 0.6) is 11.5 Å². The van der Waals surface area contributed by atoms with Gasteiger partial charge in [0.2, 0.25) is 0 Å². The number of rotatable bonds is 2. The first kappa shape index (κ1) is 12.3. The fraction of sp³-hybridized carbons (Fsp3) is 0.0625. The van der Waals surface area contributed by atoms with Crippen molar-refractivity contribution in [1.29, 1.82) is 0 Å². The van der Waals surface area contributed by atoms with Gasteiger partial charge in [-0.3, -0.25) is 0 Å². The average Bonchev–Trinajstić information content (AvgIpc) is 2.49. The highest BCUT2D eigenvalue weighted by Crippen LogP contribution is 2.34. The van der Waals surface area contributed by atoms with Crippen LogP contribution < -0.4 is 10.4 Å². The Labute approximate surface area is 114 Å². The monoisotopic (exact) mass is 268 g/mol. The molecule has 4 heteroatoms. The Morgan fingerprint density at radius 1 is 1.05 bits per heavy atom. The molecule has 0 unspecified atom stereocenters. The van der Waals surface area contributed by atoms with Crippen LogP contribution in [0.3, 0.4) is 0 Å². The molecule has 4 nitrogen and oxygen atoms in total. The molecule has 0 spiro atoms. The van der Waals surface area contributed by atoms with E-state index in [-0.39, 0.29) is 5.75 Å². The Hall–Kier alpha value is -2.75. The number of phenolic OH excluding ortho intramolecular Hbond substituents is 1. The quantitative estimate of drug-likeness (QED) is 0.775. The maximum Gasteiger partial charge on any atom is 0.344 e. The van der Waals surface area contributed by atoms with Gasteiger partial charge >= 0.3 is 5.63 Å². The van der Waals surface area contributed by atoms with Crippen LogP contribution in [0, 0.1) is 0 Å². The molecule has 0 saturated heterocycles. The molecule has 3 rings (SSSR count). The van der Waals surface area contributed by atoms with E-state index in [2.05, 4.69) is 0 Å². The zero-order valence-electron chi connectivity index (χ0n) is 10.8. The summed E-state index contributed by atoms with van der Waals surface area (Å²) in [5.74, 6) is 0.670. The molecule has 0 aliphatic carbocycles. The van der Waals surface area contributed by atoms with Gasteiger partial charge in [-0.25, -0.2) is 4.79 Å². The van der Waals surface area contributed by atoms with Gasteiger partial charge in [-0.15, -0.1) is 0 Å². The molecule has 0 fully saturated rings. The minimum absolute atomic E-state index is 0.0601. The van der Waals surface area contributed by atoms with E-state index in [0.29, 0.717) is 22.3 Å².